The van der Waals surface area contributed by atoms with Crippen LogP contribution in [-0.2, 0) is 6.54 Å². The molecule has 0 radical (unpaired) electrons. The number of aliphatic hydroxyl groups excluding tert-OH is 1. The molecule has 0 aliphatic heterocycles. The number of hydrogen-bond acceptors (Lipinski definition) is 3. The van der Waals surface area contributed by atoms with Crippen molar-refractivity contribution in [1.29, 1.82) is 0 Å². The molecule has 3 nitrogen and oxygen atoms in total. The fourth-order valence-electron chi connectivity index (χ4n) is 2.74. The molecule has 1 saturated carbocycles. The zero-order valence-corrected chi connectivity index (χ0v) is 13.6. The molecule has 21 heavy (non-hydrogen) atoms. The van der Waals surface area contributed by atoms with E-state index >= 15 is 0 Å². The van der Waals surface area contributed by atoms with Crippen molar-refractivity contribution >= 4 is 0 Å². The zero-order valence-electron chi connectivity index (χ0n) is 13.6. The quantitative estimate of drug-likeness (QED) is 0.752. The second-order valence-electron chi connectivity index (χ2n) is 6.15. The van der Waals surface area contributed by atoms with E-state index in [1.165, 1.54) is 31.4 Å². The van der Waals surface area contributed by atoms with Gasteiger partial charge in [0.05, 0.1) is 12.7 Å². The number of benzene rings is 1. The molecule has 1 aliphatic rings. The first kappa shape index (κ1) is 16.3. The maximum atomic E-state index is 9.81. The van der Waals surface area contributed by atoms with E-state index < -0.39 is 6.10 Å². The number of ether oxygens (including phenoxy) is 1. The van der Waals surface area contributed by atoms with Gasteiger partial charge in [0.25, 0.3) is 0 Å². The van der Waals surface area contributed by atoms with E-state index in [9.17, 15) is 5.11 Å². The topological polar surface area (TPSA) is 32.7 Å². The van der Waals surface area contributed by atoms with Crippen LogP contribution in [0.25, 0.3) is 0 Å². The summed E-state index contributed by atoms with van der Waals surface area (Å²) >= 11 is 0. The Bertz CT molecular complexity index is 441. The van der Waals surface area contributed by atoms with Crippen molar-refractivity contribution in [3.63, 3.8) is 0 Å². The molecule has 1 unspecified atom stereocenters. The molecule has 0 saturated heterocycles. The van der Waals surface area contributed by atoms with Gasteiger partial charge in [-0.05, 0) is 63.3 Å². The molecule has 1 atom stereocenters. The lowest BCUT2D eigenvalue weighted by molar-refractivity contribution is 0.198. The molecule has 118 valence electrons. The molecule has 3 heteroatoms. The summed E-state index contributed by atoms with van der Waals surface area (Å²) in [7, 11) is 0. The summed E-state index contributed by atoms with van der Waals surface area (Å²) in [5.74, 6) is 1.85. The average Bonchev–Trinajstić information content (AvgIpc) is 3.25. The van der Waals surface area contributed by atoms with Crippen LogP contribution in [0.15, 0.2) is 18.2 Å². The van der Waals surface area contributed by atoms with Crippen LogP contribution < -0.4 is 4.74 Å². The maximum Gasteiger partial charge on any atom is 0.123 e. The van der Waals surface area contributed by atoms with Crippen LogP contribution in [-0.4, -0.2) is 29.7 Å². The molecule has 1 aliphatic carbocycles. The van der Waals surface area contributed by atoms with E-state index in [1.54, 1.807) is 0 Å². The lowest BCUT2D eigenvalue weighted by Gasteiger charge is -2.23. The van der Waals surface area contributed by atoms with Gasteiger partial charge in [-0.15, -0.1) is 0 Å². The van der Waals surface area contributed by atoms with Gasteiger partial charge in [-0.1, -0.05) is 13.0 Å². The molecule has 0 bridgehead atoms. The molecule has 1 aromatic carbocycles. The summed E-state index contributed by atoms with van der Waals surface area (Å²) in [5.41, 5.74) is 2.17. The molecule has 0 heterocycles. The highest BCUT2D eigenvalue weighted by atomic mass is 16.5. The second kappa shape index (κ2) is 7.81. The summed E-state index contributed by atoms with van der Waals surface area (Å²) < 4.78 is 5.76. The lowest BCUT2D eigenvalue weighted by Crippen LogP contribution is -2.26. The molecule has 0 aromatic heterocycles. The lowest BCUT2D eigenvalue weighted by atomic mass is 10.1. The maximum absolute atomic E-state index is 9.81. The monoisotopic (exact) mass is 291 g/mol. The number of hydrogen-bond donors (Lipinski definition) is 1. The Morgan fingerprint density at radius 1 is 1.33 bits per heavy atom. The van der Waals surface area contributed by atoms with Crippen LogP contribution in [0.3, 0.4) is 0 Å². The Morgan fingerprint density at radius 3 is 2.67 bits per heavy atom. The van der Waals surface area contributed by atoms with Gasteiger partial charge in [-0.3, -0.25) is 4.90 Å². The van der Waals surface area contributed by atoms with Gasteiger partial charge < -0.3 is 9.84 Å². The van der Waals surface area contributed by atoms with E-state index in [1.807, 2.05) is 26.0 Å². The second-order valence-corrected chi connectivity index (χ2v) is 6.15. The minimum Gasteiger partial charge on any atom is -0.494 e. The highest BCUT2D eigenvalue weighted by molar-refractivity contribution is 5.38. The van der Waals surface area contributed by atoms with Gasteiger partial charge in [0.15, 0.2) is 0 Å². The minimum atomic E-state index is -0.428. The van der Waals surface area contributed by atoms with E-state index in [0.717, 1.165) is 30.3 Å². The third kappa shape index (κ3) is 5.01. The Balaban J connectivity index is 2.14. The van der Waals surface area contributed by atoms with E-state index in [4.69, 9.17) is 4.74 Å². The van der Waals surface area contributed by atoms with E-state index in [2.05, 4.69) is 17.9 Å². The predicted molar refractivity (Wildman–Crippen MR) is 86.5 cm³/mol. The largest absolute Gasteiger partial charge is 0.494 e. The van der Waals surface area contributed by atoms with Crippen LogP contribution in [0.1, 0.15) is 57.3 Å². The highest BCUT2D eigenvalue weighted by Gasteiger charge is 2.24. The Kier molecular flexibility index (Phi) is 6.07. The van der Waals surface area contributed by atoms with Gasteiger partial charge >= 0.3 is 0 Å². The van der Waals surface area contributed by atoms with Gasteiger partial charge in [0.1, 0.15) is 5.75 Å². The first-order valence-electron chi connectivity index (χ1n) is 8.30. The van der Waals surface area contributed by atoms with E-state index in [-0.39, 0.29) is 0 Å². The Labute approximate surface area is 128 Å². The minimum absolute atomic E-state index is 0.428. The fraction of sp³-hybridized carbons (Fsp3) is 0.667. The molecule has 2 rings (SSSR count). The van der Waals surface area contributed by atoms with Gasteiger partial charge in [-0.2, -0.15) is 0 Å². The van der Waals surface area contributed by atoms with Gasteiger partial charge in [-0.25, -0.2) is 0 Å². The smallest absolute Gasteiger partial charge is 0.123 e. The first-order valence-corrected chi connectivity index (χ1v) is 8.30. The molecular weight excluding hydrogens is 262 g/mol. The van der Waals surface area contributed by atoms with Crippen LogP contribution in [0.2, 0.25) is 0 Å². The van der Waals surface area contributed by atoms with Crippen molar-refractivity contribution in [3.05, 3.63) is 29.3 Å². The van der Waals surface area contributed by atoms with E-state index in [0.29, 0.717) is 6.61 Å². The van der Waals surface area contributed by atoms with Crippen molar-refractivity contribution in [2.45, 2.75) is 52.7 Å². The average molecular weight is 291 g/mol. The standard InChI is InChI=1S/C18H29NO2/c1-4-10-19(12-15-6-7-15)13-17-11-16(14(3)20)8-9-18(17)21-5-2/h8-9,11,14-15,20H,4-7,10,12-13H2,1-3H3. The van der Waals surface area contributed by atoms with Crippen molar-refractivity contribution in [1.82, 2.24) is 4.90 Å². The number of aliphatic hydroxyl groups is 1. The zero-order chi connectivity index (χ0) is 15.2. The summed E-state index contributed by atoms with van der Waals surface area (Å²) in [6, 6.07) is 6.07. The summed E-state index contributed by atoms with van der Waals surface area (Å²) in [5, 5.41) is 9.81. The summed E-state index contributed by atoms with van der Waals surface area (Å²) in [4.78, 5) is 2.53. The normalized spacial score (nSPS) is 16.2. The van der Waals surface area contributed by atoms with Crippen molar-refractivity contribution in [2.24, 2.45) is 5.92 Å². The third-order valence-electron chi connectivity index (χ3n) is 4.01. The molecule has 0 spiro atoms. The highest BCUT2D eigenvalue weighted by Crippen LogP contribution is 2.31. The Morgan fingerprint density at radius 2 is 2.10 bits per heavy atom. The van der Waals surface area contributed by atoms with Crippen LogP contribution in [0.4, 0.5) is 0 Å². The van der Waals surface area contributed by atoms with Gasteiger partial charge in [0.2, 0.25) is 0 Å². The fourth-order valence-corrected chi connectivity index (χ4v) is 2.74. The first-order chi connectivity index (χ1) is 10.1. The van der Waals surface area contributed by atoms with Crippen molar-refractivity contribution in [2.75, 3.05) is 19.7 Å². The molecule has 1 aromatic rings. The molecule has 1 N–H and O–H groups in total. The SMILES string of the molecule is CCCN(Cc1cc(C(C)O)ccc1OCC)CC1CC1. The van der Waals surface area contributed by atoms with Crippen LogP contribution in [0.5, 0.6) is 5.75 Å². The third-order valence-corrected chi connectivity index (χ3v) is 4.01. The van der Waals surface area contributed by atoms with Crippen LogP contribution >= 0.6 is 0 Å². The van der Waals surface area contributed by atoms with Gasteiger partial charge in [0, 0.05) is 18.7 Å². The van der Waals surface area contributed by atoms with Crippen molar-refractivity contribution in [3.8, 4) is 5.75 Å². The number of rotatable bonds is 9. The van der Waals surface area contributed by atoms with Crippen LogP contribution in [0, 0.1) is 5.92 Å². The Hall–Kier alpha value is -1.06. The molecule has 1 fully saturated rings. The molecule has 0 amide bonds. The summed E-state index contributed by atoms with van der Waals surface area (Å²) in [6.45, 7) is 9.97. The van der Waals surface area contributed by atoms with Crippen molar-refractivity contribution < 1.29 is 9.84 Å². The number of nitrogens with zero attached hydrogens (tertiary/aromatic N) is 1. The summed E-state index contributed by atoms with van der Waals surface area (Å²) in [6.07, 6.45) is 3.51. The predicted octanol–water partition coefficient (Wildman–Crippen LogP) is 3.76. The molecular formula is C18H29NO2.